The number of thiophene rings is 1. The van der Waals surface area contributed by atoms with E-state index in [0.717, 1.165) is 37.9 Å². The first-order valence-corrected chi connectivity index (χ1v) is 13.5. The Balaban J connectivity index is 1.50. The third-order valence-electron chi connectivity index (χ3n) is 6.39. The van der Waals surface area contributed by atoms with Gasteiger partial charge in [-0.3, -0.25) is 9.59 Å². The Morgan fingerprint density at radius 3 is 2.61 bits per heavy atom. The smallest absolute Gasteiger partial charge is 0.318 e. The standard InChI is InChI=1S/C24H32Cl2N6O3S/c1-15-11-19(25)30-22(26)21(15)23(34)28-7-3-16(2)31-8-4-18(5-9-31)32(13-17-6-10-36-14-17)24(35)29-12-20(27)33/h6,10-11,14,16,18H,3-5,7-9,12-13H2,1-2H3,(H2,27,33)(H,28,34)(H,29,35). The van der Waals surface area contributed by atoms with E-state index in [1.165, 1.54) is 0 Å². The van der Waals surface area contributed by atoms with E-state index in [1.54, 1.807) is 29.2 Å². The van der Waals surface area contributed by atoms with Gasteiger partial charge in [0.2, 0.25) is 5.91 Å². The number of amides is 4. The van der Waals surface area contributed by atoms with E-state index >= 15 is 0 Å². The fraction of sp³-hybridized carbons (Fsp3) is 0.500. The molecule has 3 rings (SSSR count). The fourth-order valence-electron chi connectivity index (χ4n) is 4.38. The third kappa shape index (κ3) is 7.80. The predicted molar refractivity (Wildman–Crippen MR) is 142 cm³/mol. The summed E-state index contributed by atoms with van der Waals surface area (Å²) in [6.45, 7) is 6.37. The van der Waals surface area contributed by atoms with E-state index in [1.807, 2.05) is 16.8 Å². The van der Waals surface area contributed by atoms with Crippen LogP contribution in [-0.2, 0) is 11.3 Å². The van der Waals surface area contributed by atoms with Crippen molar-refractivity contribution >= 4 is 52.4 Å². The molecule has 1 fully saturated rings. The quantitative estimate of drug-likeness (QED) is 0.388. The van der Waals surface area contributed by atoms with Gasteiger partial charge in [-0.1, -0.05) is 23.2 Å². The number of pyridine rings is 1. The molecule has 0 aromatic carbocycles. The summed E-state index contributed by atoms with van der Waals surface area (Å²) >= 11 is 13.6. The summed E-state index contributed by atoms with van der Waals surface area (Å²) in [5.74, 6) is -0.835. The topological polar surface area (TPSA) is 121 Å². The van der Waals surface area contributed by atoms with Crippen LogP contribution in [0.3, 0.4) is 0 Å². The number of hydrogen-bond acceptors (Lipinski definition) is 6. The fourth-order valence-corrected chi connectivity index (χ4v) is 5.66. The monoisotopic (exact) mass is 554 g/mol. The maximum absolute atomic E-state index is 12.8. The first kappa shape index (κ1) is 28.2. The molecule has 1 aliphatic heterocycles. The highest BCUT2D eigenvalue weighted by molar-refractivity contribution is 7.07. The second kappa shape index (κ2) is 13.2. The lowest BCUT2D eigenvalue weighted by Crippen LogP contribution is -2.52. The molecular formula is C24H32Cl2N6O3S. The highest BCUT2D eigenvalue weighted by atomic mass is 35.5. The zero-order chi connectivity index (χ0) is 26.2. The Labute approximate surface area is 225 Å². The minimum Gasteiger partial charge on any atom is -0.368 e. The molecule has 1 aliphatic rings. The van der Waals surface area contributed by atoms with Crippen LogP contribution in [0.5, 0.6) is 0 Å². The maximum Gasteiger partial charge on any atom is 0.318 e. The predicted octanol–water partition coefficient (Wildman–Crippen LogP) is 3.43. The summed E-state index contributed by atoms with van der Waals surface area (Å²) < 4.78 is 0. The largest absolute Gasteiger partial charge is 0.368 e. The summed E-state index contributed by atoms with van der Waals surface area (Å²) in [5, 5.41) is 9.92. The van der Waals surface area contributed by atoms with Crippen LogP contribution in [0, 0.1) is 6.92 Å². The Morgan fingerprint density at radius 1 is 1.28 bits per heavy atom. The van der Waals surface area contributed by atoms with Crippen molar-refractivity contribution in [1.29, 1.82) is 0 Å². The SMILES string of the molecule is Cc1cc(Cl)nc(Cl)c1C(=O)NCCC(C)N1CCC(N(Cc2ccsc2)C(=O)NCC(N)=O)CC1. The zero-order valence-electron chi connectivity index (χ0n) is 20.4. The van der Waals surface area contributed by atoms with Crippen LogP contribution in [0.2, 0.25) is 10.3 Å². The second-order valence-corrected chi connectivity index (χ2v) is 10.5. The van der Waals surface area contributed by atoms with Crippen molar-refractivity contribution in [3.05, 3.63) is 49.9 Å². The molecule has 0 bridgehead atoms. The van der Waals surface area contributed by atoms with Gasteiger partial charge in [-0.05, 0) is 67.1 Å². The molecule has 36 heavy (non-hydrogen) atoms. The molecule has 196 valence electrons. The molecule has 0 radical (unpaired) electrons. The summed E-state index contributed by atoms with van der Waals surface area (Å²) in [7, 11) is 0. The molecule has 2 aromatic rings. The normalized spacial score (nSPS) is 15.3. The number of halogens is 2. The molecular weight excluding hydrogens is 523 g/mol. The Hall–Kier alpha value is -2.40. The Kier molecular flexibility index (Phi) is 10.4. The summed E-state index contributed by atoms with van der Waals surface area (Å²) in [5.41, 5.74) is 7.29. The minimum atomic E-state index is -0.570. The van der Waals surface area contributed by atoms with E-state index in [0.29, 0.717) is 24.2 Å². The van der Waals surface area contributed by atoms with Crippen molar-refractivity contribution in [1.82, 2.24) is 25.4 Å². The number of primary amides is 1. The van der Waals surface area contributed by atoms with E-state index in [-0.39, 0.29) is 40.9 Å². The lowest BCUT2D eigenvalue weighted by molar-refractivity contribution is -0.117. The molecule has 2 aromatic heterocycles. The van der Waals surface area contributed by atoms with Crippen molar-refractivity contribution in [3.8, 4) is 0 Å². The number of likely N-dealkylation sites (tertiary alicyclic amines) is 1. The average molecular weight is 556 g/mol. The lowest BCUT2D eigenvalue weighted by Gasteiger charge is -2.40. The van der Waals surface area contributed by atoms with Crippen LogP contribution in [0.1, 0.15) is 47.7 Å². The van der Waals surface area contributed by atoms with Crippen LogP contribution in [-0.4, -0.2) is 70.9 Å². The van der Waals surface area contributed by atoms with E-state index in [2.05, 4.69) is 27.4 Å². The van der Waals surface area contributed by atoms with Gasteiger partial charge in [-0.25, -0.2) is 9.78 Å². The van der Waals surface area contributed by atoms with Gasteiger partial charge in [-0.2, -0.15) is 11.3 Å². The molecule has 12 heteroatoms. The number of rotatable bonds is 10. The highest BCUT2D eigenvalue weighted by Gasteiger charge is 2.30. The molecule has 1 unspecified atom stereocenters. The van der Waals surface area contributed by atoms with Crippen molar-refractivity contribution in [2.75, 3.05) is 26.2 Å². The first-order valence-electron chi connectivity index (χ1n) is 11.8. The van der Waals surface area contributed by atoms with E-state index in [9.17, 15) is 14.4 Å². The maximum atomic E-state index is 12.8. The number of nitrogens with two attached hydrogens (primary N) is 1. The van der Waals surface area contributed by atoms with E-state index in [4.69, 9.17) is 28.9 Å². The number of hydrogen-bond donors (Lipinski definition) is 3. The number of aryl methyl sites for hydroxylation is 1. The second-order valence-electron chi connectivity index (χ2n) is 8.97. The molecule has 1 saturated heterocycles. The van der Waals surface area contributed by atoms with Gasteiger partial charge in [0.05, 0.1) is 12.1 Å². The summed E-state index contributed by atoms with van der Waals surface area (Å²) in [6.07, 6.45) is 2.40. The summed E-state index contributed by atoms with van der Waals surface area (Å²) in [4.78, 5) is 44.7. The van der Waals surface area contributed by atoms with E-state index < -0.39 is 5.91 Å². The number of urea groups is 1. The molecule has 4 amide bonds. The number of nitrogens with zero attached hydrogens (tertiary/aromatic N) is 3. The molecule has 0 spiro atoms. The van der Waals surface area contributed by atoms with Crippen LogP contribution < -0.4 is 16.4 Å². The first-order chi connectivity index (χ1) is 17.2. The van der Waals surface area contributed by atoms with Crippen LogP contribution in [0.15, 0.2) is 22.9 Å². The molecule has 9 nitrogen and oxygen atoms in total. The molecule has 3 heterocycles. The highest BCUT2D eigenvalue weighted by Crippen LogP contribution is 2.23. The Bertz CT molecular complexity index is 1040. The van der Waals surface area contributed by atoms with Gasteiger partial charge in [0, 0.05) is 38.3 Å². The Morgan fingerprint density at radius 2 is 2.00 bits per heavy atom. The van der Waals surface area contributed by atoms with Gasteiger partial charge in [0.1, 0.15) is 10.3 Å². The number of carbonyl (C=O) groups is 3. The summed E-state index contributed by atoms with van der Waals surface area (Å²) in [6, 6.07) is 3.65. The lowest BCUT2D eigenvalue weighted by atomic mass is 10.0. The number of piperidine rings is 1. The number of aromatic nitrogens is 1. The molecule has 0 aliphatic carbocycles. The van der Waals surface area contributed by atoms with Gasteiger partial charge in [0.25, 0.3) is 5.91 Å². The van der Waals surface area contributed by atoms with Gasteiger partial charge in [0.15, 0.2) is 0 Å². The third-order valence-corrected chi connectivity index (χ3v) is 7.59. The minimum absolute atomic E-state index is 0.0588. The van der Waals surface area contributed by atoms with Crippen LogP contribution in [0.25, 0.3) is 0 Å². The van der Waals surface area contributed by atoms with Crippen molar-refractivity contribution in [3.63, 3.8) is 0 Å². The van der Waals surface area contributed by atoms with Crippen molar-refractivity contribution in [2.45, 2.75) is 51.7 Å². The van der Waals surface area contributed by atoms with Gasteiger partial charge >= 0.3 is 6.03 Å². The molecule has 0 saturated carbocycles. The number of nitrogens with one attached hydrogen (secondary N) is 2. The molecule has 1 atom stereocenters. The van der Waals surface area contributed by atoms with Gasteiger partial charge in [-0.15, -0.1) is 0 Å². The van der Waals surface area contributed by atoms with Crippen molar-refractivity contribution < 1.29 is 14.4 Å². The van der Waals surface area contributed by atoms with Crippen LogP contribution >= 0.6 is 34.5 Å². The van der Waals surface area contributed by atoms with Crippen molar-refractivity contribution in [2.24, 2.45) is 5.73 Å². The molecule has 4 N–H and O–H groups in total. The zero-order valence-corrected chi connectivity index (χ0v) is 22.8. The van der Waals surface area contributed by atoms with Crippen LogP contribution in [0.4, 0.5) is 4.79 Å². The van der Waals surface area contributed by atoms with Gasteiger partial charge < -0.3 is 26.2 Å². The average Bonchev–Trinajstić information content (AvgIpc) is 3.34. The number of carbonyl (C=O) groups excluding carboxylic acids is 3.